The van der Waals surface area contributed by atoms with Gasteiger partial charge in [-0.3, -0.25) is 19.2 Å². The van der Waals surface area contributed by atoms with Gasteiger partial charge in [0.1, 0.15) is 25.4 Å². The van der Waals surface area contributed by atoms with Crippen molar-refractivity contribution in [3.05, 3.63) is 29.8 Å². The Hall–Kier alpha value is -2.90. The zero-order valence-corrected chi connectivity index (χ0v) is 34.8. The molecule has 310 valence electrons. The van der Waals surface area contributed by atoms with Gasteiger partial charge in [0.15, 0.2) is 6.10 Å². The van der Waals surface area contributed by atoms with Crippen molar-refractivity contribution in [3.8, 4) is 5.75 Å². The monoisotopic (exact) mass is 759 g/mol. The van der Waals surface area contributed by atoms with Crippen molar-refractivity contribution in [2.24, 2.45) is 0 Å². The summed E-state index contributed by atoms with van der Waals surface area (Å²) in [6, 6.07) is 7.07. The molecule has 0 N–H and O–H groups in total. The molecule has 0 unspecified atom stereocenters. The second kappa shape index (κ2) is 35.8. The van der Waals surface area contributed by atoms with Crippen LogP contribution >= 0.6 is 0 Å². The highest BCUT2D eigenvalue weighted by Crippen LogP contribution is 2.16. The minimum absolute atomic E-state index is 0.247. The van der Waals surface area contributed by atoms with Crippen LogP contribution in [0.4, 0.5) is 0 Å². The molecule has 0 fully saturated rings. The van der Waals surface area contributed by atoms with E-state index in [4.69, 9.17) is 18.9 Å². The van der Waals surface area contributed by atoms with Gasteiger partial charge < -0.3 is 18.9 Å². The molecule has 0 aliphatic heterocycles. The van der Waals surface area contributed by atoms with E-state index in [9.17, 15) is 19.2 Å². The Morgan fingerprint density at radius 1 is 0.444 bits per heavy atom. The lowest BCUT2D eigenvalue weighted by molar-refractivity contribution is -0.168. The van der Waals surface area contributed by atoms with Crippen molar-refractivity contribution in [2.75, 3.05) is 13.2 Å². The molecule has 0 saturated carbocycles. The van der Waals surface area contributed by atoms with Gasteiger partial charge in [-0.15, -0.1) is 0 Å². The number of unbranched alkanes of at least 4 members (excludes halogenated alkanes) is 24. The van der Waals surface area contributed by atoms with Crippen LogP contribution in [-0.4, -0.2) is 43.2 Å². The van der Waals surface area contributed by atoms with E-state index in [2.05, 4.69) is 13.8 Å². The summed E-state index contributed by atoms with van der Waals surface area (Å²) in [4.78, 5) is 50.1. The number of rotatable bonds is 37. The number of aryl methyl sites for hydroxylation is 1. The average Bonchev–Trinajstić information content (AvgIpc) is 3.16. The molecule has 0 heterocycles. The third kappa shape index (κ3) is 30.4. The largest absolute Gasteiger partial charge is 0.462 e. The number of benzene rings is 1. The summed E-state index contributed by atoms with van der Waals surface area (Å²) in [6.07, 6.45) is 31.5. The van der Waals surface area contributed by atoms with Crippen molar-refractivity contribution < 1.29 is 38.1 Å². The van der Waals surface area contributed by atoms with E-state index in [-0.39, 0.29) is 38.0 Å². The first-order valence-corrected chi connectivity index (χ1v) is 22.2. The quantitative estimate of drug-likeness (QED) is 0.0217. The number of carbonyl (C=O) groups is 4. The standard InChI is InChI=1S/C46H78O8/c1-4-7-9-11-13-15-17-19-21-23-25-27-29-31-43(47)51-38-42(54-46(50)37-45(49)53-41-35-33-40(6-3)34-36-41)39-52-44(48)32-30-28-26-24-22-20-18-16-14-12-10-8-5-2/h33-36,42H,4-32,37-39H2,1-3H3. The van der Waals surface area contributed by atoms with Gasteiger partial charge in [0, 0.05) is 12.8 Å². The Labute approximate surface area is 329 Å². The maximum Gasteiger partial charge on any atom is 0.322 e. The molecule has 1 rings (SSSR count). The molecule has 0 atom stereocenters. The van der Waals surface area contributed by atoms with Crippen molar-refractivity contribution in [2.45, 2.75) is 219 Å². The summed E-state index contributed by atoms with van der Waals surface area (Å²) < 4.78 is 21.6. The average molecular weight is 759 g/mol. The number of hydrogen-bond donors (Lipinski definition) is 0. The highest BCUT2D eigenvalue weighted by Gasteiger charge is 2.22. The third-order valence-corrected chi connectivity index (χ3v) is 9.98. The first-order chi connectivity index (χ1) is 26.4. The SMILES string of the molecule is CCCCCCCCCCCCCCCC(=O)OCC(COC(=O)CCCCCCCCCCCCCCC)OC(=O)CC(=O)Oc1ccc(CC)cc1. The molecule has 0 aromatic heterocycles. The highest BCUT2D eigenvalue weighted by molar-refractivity contribution is 5.92. The maximum atomic E-state index is 12.7. The van der Waals surface area contributed by atoms with Gasteiger partial charge in [-0.1, -0.05) is 187 Å². The lowest BCUT2D eigenvalue weighted by atomic mass is 10.0. The molecule has 54 heavy (non-hydrogen) atoms. The van der Waals surface area contributed by atoms with Crippen LogP contribution in [0.1, 0.15) is 213 Å². The van der Waals surface area contributed by atoms with Crippen molar-refractivity contribution in [3.63, 3.8) is 0 Å². The zero-order chi connectivity index (χ0) is 39.3. The molecule has 0 aliphatic carbocycles. The fraction of sp³-hybridized carbons (Fsp3) is 0.783. The first kappa shape index (κ1) is 49.1. The Balaban J connectivity index is 2.36. The van der Waals surface area contributed by atoms with Crippen molar-refractivity contribution in [1.29, 1.82) is 0 Å². The van der Waals surface area contributed by atoms with Gasteiger partial charge in [-0.2, -0.15) is 0 Å². The van der Waals surface area contributed by atoms with Gasteiger partial charge in [0.25, 0.3) is 0 Å². The lowest BCUT2D eigenvalue weighted by Crippen LogP contribution is -2.32. The summed E-state index contributed by atoms with van der Waals surface area (Å²) in [5, 5.41) is 0. The highest BCUT2D eigenvalue weighted by atomic mass is 16.6. The van der Waals surface area contributed by atoms with Crippen molar-refractivity contribution >= 4 is 23.9 Å². The Morgan fingerprint density at radius 3 is 1.15 bits per heavy atom. The summed E-state index contributed by atoms with van der Waals surface area (Å²) in [5.41, 5.74) is 1.10. The molecule has 0 saturated heterocycles. The fourth-order valence-electron chi connectivity index (χ4n) is 6.51. The minimum Gasteiger partial charge on any atom is -0.462 e. The van der Waals surface area contributed by atoms with Crippen LogP contribution in [-0.2, 0) is 39.8 Å². The van der Waals surface area contributed by atoms with E-state index in [1.54, 1.807) is 12.1 Å². The van der Waals surface area contributed by atoms with Crippen molar-refractivity contribution in [1.82, 2.24) is 0 Å². The van der Waals surface area contributed by atoms with E-state index >= 15 is 0 Å². The topological polar surface area (TPSA) is 105 Å². The lowest BCUT2D eigenvalue weighted by Gasteiger charge is -2.18. The predicted octanol–water partition coefficient (Wildman–Crippen LogP) is 12.5. The van der Waals surface area contributed by atoms with E-state index in [0.29, 0.717) is 5.75 Å². The van der Waals surface area contributed by atoms with Crippen LogP contribution in [0, 0.1) is 0 Å². The molecule has 0 bridgehead atoms. The predicted molar refractivity (Wildman–Crippen MR) is 218 cm³/mol. The Morgan fingerprint density at radius 2 is 0.796 bits per heavy atom. The zero-order valence-electron chi connectivity index (χ0n) is 34.8. The molecule has 0 radical (unpaired) electrons. The van der Waals surface area contributed by atoms with E-state index in [1.807, 2.05) is 19.1 Å². The molecular weight excluding hydrogens is 680 g/mol. The molecular formula is C46H78O8. The van der Waals surface area contributed by atoms with E-state index in [1.165, 1.54) is 128 Å². The number of ether oxygens (including phenoxy) is 4. The number of hydrogen-bond acceptors (Lipinski definition) is 8. The molecule has 8 nitrogen and oxygen atoms in total. The van der Waals surface area contributed by atoms with Gasteiger partial charge in [0.2, 0.25) is 0 Å². The Kier molecular flexibility index (Phi) is 32.5. The second-order valence-electron chi connectivity index (χ2n) is 15.1. The van der Waals surface area contributed by atoms with Crippen LogP contribution < -0.4 is 4.74 Å². The second-order valence-corrected chi connectivity index (χ2v) is 15.1. The number of esters is 4. The van der Waals surface area contributed by atoms with E-state index in [0.717, 1.165) is 50.5 Å². The minimum atomic E-state index is -1.01. The molecule has 0 aliphatic rings. The Bertz CT molecular complexity index is 1020. The van der Waals surface area contributed by atoms with Crippen LogP contribution in [0.2, 0.25) is 0 Å². The normalized spacial score (nSPS) is 11.1. The van der Waals surface area contributed by atoms with Crippen LogP contribution in [0.25, 0.3) is 0 Å². The van der Waals surface area contributed by atoms with E-state index < -0.39 is 24.5 Å². The van der Waals surface area contributed by atoms with Gasteiger partial charge in [0.05, 0.1) is 0 Å². The fourth-order valence-corrected chi connectivity index (χ4v) is 6.51. The molecule has 0 spiro atoms. The molecule has 8 heteroatoms. The molecule has 1 aromatic rings. The van der Waals surface area contributed by atoms with Gasteiger partial charge in [-0.25, -0.2) is 0 Å². The third-order valence-electron chi connectivity index (χ3n) is 9.98. The molecule has 1 aromatic carbocycles. The number of carbonyl (C=O) groups excluding carboxylic acids is 4. The first-order valence-electron chi connectivity index (χ1n) is 22.2. The van der Waals surface area contributed by atoms with Crippen LogP contribution in [0.3, 0.4) is 0 Å². The van der Waals surface area contributed by atoms with Crippen LogP contribution in [0.15, 0.2) is 24.3 Å². The smallest absolute Gasteiger partial charge is 0.322 e. The summed E-state index contributed by atoms with van der Waals surface area (Å²) in [6.45, 7) is 6.03. The van der Waals surface area contributed by atoms with Gasteiger partial charge in [-0.05, 0) is 37.0 Å². The molecule has 0 amide bonds. The maximum absolute atomic E-state index is 12.7. The summed E-state index contributed by atoms with van der Waals surface area (Å²) in [5.74, 6) is -2.03. The summed E-state index contributed by atoms with van der Waals surface area (Å²) in [7, 11) is 0. The van der Waals surface area contributed by atoms with Gasteiger partial charge >= 0.3 is 23.9 Å². The van der Waals surface area contributed by atoms with Crippen LogP contribution in [0.5, 0.6) is 5.75 Å². The summed E-state index contributed by atoms with van der Waals surface area (Å²) >= 11 is 0.